The molecule has 51 heavy (non-hydrogen) atoms. The highest BCUT2D eigenvalue weighted by Gasteiger charge is 2.53. The van der Waals surface area contributed by atoms with Gasteiger partial charge >= 0.3 is 17.9 Å². The summed E-state index contributed by atoms with van der Waals surface area (Å²) in [5.41, 5.74) is 1.70. The molecule has 12 atom stereocenters. The minimum Gasteiger partial charge on any atom is -0.490 e. The maximum absolute atomic E-state index is 13.6. The zero-order valence-corrected chi connectivity index (χ0v) is 31.9. The Morgan fingerprint density at radius 1 is 1.06 bits per heavy atom. The topological polar surface area (TPSA) is 178 Å². The van der Waals surface area contributed by atoms with E-state index in [1.54, 1.807) is 32.9 Å². The van der Waals surface area contributed by atoms with Crippen molar-refractivity contribution in [3.05, 3.63) is 59.4 Å². The molecule has 12 heteroatoms. The maximum Gasteiger partial charge on any atom is 0.373 e. The summed E-state index contributed by atoms with van der Waals surface area (Å²) < 4.78 is 29.1. The van der Waals surface area contributed by atoms with Crippen molar-refractivity contribution in [3.8, 4) is 0 Å². The molecule has 288 valence electrons. The van der Waals surface area contributed by atoms with Crippen molar-refractivity contribution >= 4 is 17.9 Å². The monoisotopic (exact) mass is 720 g/mol. The van der Waals surface area contributed by atoms with Gasteiger partial charge in [-0.15, -0.1) is 0 Å². The number of hydrogen-bond donors (Lipinski definition) is 4. The standard InChI is InChI=1S/C39H60O12/c1-21(2)36-26(7)31(49-33(42)16-15-32(40)41)20-39(46,51-36)28(9)35(44)27(8)37-29(47-10)14-12-13-22(3)17-24(5)34(43)25(6)18-23(4)19-30(48-11)38(45)50-37/h12-16,18-19,21,24-29,31,34-37,43-44,46H,17,20H2,1-11H3,(H,40,41)/b14-12?,16-15+,22-13?,23-18?,30-19?/t24-,25+,26-,27-,28-,29-,31+,34-,35+,36+,37+,39+/m0/s1. The number of aliphatic carboxylic acids is 1. The van der Waals surface area contributed by atoms with Gasteiger partial charge in [-0.25, -0.2) is 14.4 Å². The number of esters is 2. The van der Waals surface area contributed by atoms with Crippen LogP contribution in [-0.4, -0.2) is 95.0 Å². The summed E-state index contributed by atoms with van der Waals surface area (Å²) in [7, 11) is 2.80. The number of carbonyl (C=O) groups is 3. The highest BCUT2D eigenvalue weighted by molar-refractivity contribution is 5.90. The van der Waals surface area contributed by atoms with E-state index >= 15 is 0 Å². The average Bonchev–Trinajstić information content (AvgIpc) is 3.06. The largest absolute Gasteiger partial charge is 0.490 e. The molecular weight excluding hydrogens is 660 g/mol. The molecule has 0 aromatic carbocycles. The lowest BCUT2D eigenvalue weighted by Gasteiger charge is -2.50. The van der Waals surface area contributed by atoms with E-state index in [9.17, 15) is 29.7 Å². The fourth-order valence-corrected chi connectivity index (χ4v) is 7.00. The summed E-state index contributed by atoms with van der Waals surface area (Å²) in [6, 6.07) is 0. The number of aliphatic hydroxyl groups is 3. The summed E-state index contributed by atoms with van der Waals surface area (Å²) in [5, 5.41) is 43.8. The molecule has 0 unspecified atom stereocenters. The van der Waals surface area contributed by atoms with Gasteiger partial charge in [-0.1, -0.05) is 83.9 Å². The Bertz CT molecular complexity index is 1350. The molecule has 4 N–H and O–H groups in total. The molecule has 2 aliphatic heterocycles. The molecule has 0 spiro atoms. The Hall–Kier alpha value is -3.29. The van der Waals surface area contributed by atoms with Crippen molar-refractivity contribution in [1.29, 1.82) is 0 Å². The van der Waals surface area contributed by atoms with Crippen LogP contribution >= 0.6 is 0 Å². The fraction of sp³-hybridized carbons (Fsp3) is 0.667. The van der Waals surface area contributed by atoms with Crippen LogP contribution in [0.5, 0.6) is 0 Å². The van der Waals surface area contributed by atoms with Crippen LogP contribution in [0.3, 0.4) is 0 Å². The van der Waals surface area contributed by atoms with E-state index in [0.717, 1.165) is 11.6 Å². The van der Waals surface area contributed by atoms with Gasteiger partial charge in [-0.3, -0.25) is 0 Å². The van der Waals surface area contributed by atoms with Crippen LogP contribution in [0.15, 0.2) is 59.4 Å². The lowest BCUT2D eigenvalue weighted by Crippen LogP contribution is -2.59. The Balaban J connectivity index is 2.55. The SMILES string of the molecule is COC1=CC(C)=C[C@@H](C)[C@@H](O)[C@@H](C)CC(C)=CC=C[C@H](OC)[C@@H]([C@@H](C)[C@@H](O)[C@H](C)[C@@]2(O)C[C@@H](OC(=O)/C=C/C(=O)O)[C@H](C)[C@@H](C(C)C)O2)OC1=O. The van der Waals surface area contributed by atoms with Gasteiger partial charge in [-0.2, -0.15) is 0 Å². The summed E-state index contributed by atoms with van der Waals surface area (Å²) in [5.74, 6) is -7.68. The molecule has 1 fully saturated rings. The van der Waals surface area contributed by atoms with Crippen molar-refractivity contribution in [3.63, 3.8) is 0 Å². The van der Waals surface area contributed by atoms with Crippen molar-refractivity contribution < 1.29 is 58.5 Å². The molecule has 1 saturated heterocycles. The van der Waals surface area contributed by atoms with Gasteiger partial charge < -0.3 is 44.1 Å². The molecule has 12 nitrogen and oxygen atoms in total. The number of cyclic esters (lactones) is 1. The molecule has 0 aromatic rings. The van der Waals surface area contributed by atoms with Gasteiger partial charge in [-0.05, 0) is 38.2 Å². The van der Waals surface area contributed by atoms with Crippen LogP contribution < -0.4 is 0 Å². The second kappa shape index (κ2) is 19.5. The van der Waals surface area contributed by atoms with Crippen LogP contribution in [-0.2, 0) is 38.1 Å². The van der Waals surface area contributed by atoms with E-state index in [0.29, 0.717) is 18.1 Å². The number of hydrogen-bond acceptors (Lipinski definition) is 11. The molecule has 2 rings (SSSR count). The highest BCUT2D eigenvalue weighted by atomic mass is 16.6. The fourth-order valence-electron chi connectivity index (χ4n) is 7.00. The third-order valence-corrected chi connectivity index (χ3v) is 10.1. The maximum atomic E-state index is 13.6. The van der Waals surface area contributed by atoms with Gasteiger partial charge in [0.15, 0.2) is 5.79 Å². The first kappa shape index (κ1) is 43.9. The van der Waals surface area contributed by atoms with Gasteiger partial charge in [0, 0.05) is 49.4 Å². The van der Waals surface area contributed by atoms with Gasteiger partial charge in [0.05, 0.1) is 25.4 Å². The van der Waals surface area contributed by atoms with Crippen LogP contribution in [0.4, 0.5) is 0 Å². The summed E-state index contributed by atoms with van der Waals surface area (Å²) in [6.45, 7) is 16.5. The second-order valence-corrected chi connectivity index (χ2v) is 14.6. The molecule has 0 aromatic heterocycles. The number of carbonyl (C=O) groups excluding carboxylic acids is 2. The van der Waals surface area contributed by atoms with E-state index in [4.69, 9.17) is 28.8 Å². The molecule has 2 heterocycles. The number of carboxylic acid groups (broad SMARTS) is 1. The molecule has 0 aliphatic carbocycles. The molecule has 0 saturated carbocycles. The van der Waals surface area contributed by atoms with Crippen LogP contribution in [0, 0.1) is 35.5 Å². The number of allylic oxidation sites excluding steroid dienone is 5. The molecular formula is C39H60O12. The van der Waals surface area contributed by atoms with E-state index in [2.05, 4.69) is 0 Å². The summed E-state index contributed by atoms with van der Waals surface area (Å²) in [4.78, 5) is 37.1. The predicted octanol–water partition coefficient (Wildman–Crippen LogP) is 4.88. The third kappa shape index (κ3) is 12.1. The molecule has 0 bridgehead atoms. The van der Waals surface area contributed by atoms with Crippen LogP contribution in [0.1, 0.15) is 75.2 Å². The summed E-state index contributed by atoms with van der Waals surface area (Å²) >= 11 is 0. The number of methoxy groups -OCH3 is 2. The van der Waals surface area contributed by atoms with Crippen molar-refractivity contribution in [1.82, 2.24) is 0 Å². The molecule has 0 amide bonds. The normalized spacial score (nSPS) is 33.4. The highest BCUT2D eigenvalue weighted by Crippen LogP contribution is 2.42. The zero-order valence-electron chi connectivity index (χ0n) is 31.9. The van der Waals surface area contributed by atoms with Gasteiger partial charge in [0.2, 0.25) is 5.76 Å². The smallest absolute Gasteiger partial charge is 0.373 e. The van der Waals surface area contributed by atoms with Crippen molar-refractivity contribution in [2.45, 2.75) is 118 Å². The first-order valence-electron chi connectivity index (χ1n) is 17.7. The van der Waals surface area contributed by atoms with Crippen molar-refractivity contribution in [2.24, 2.45) is 35.5 Å². The Morgan fingerprint density at radius 3 is 2.27 bits per heavy atom. The van der Waals surface area contributed by atoms with Gasteiger partial charge in [0.25, 0.3) is 0 Å². The van der Waals surface area contributed by atoms with Crippen LogP contribution in [0.25, 0.3) is 0 Å². The van der Waals surface area contributed by atoms with Crippen LogP contribution in [0.2, 0.25) is 0 Å². The summed E-state index contributed by atoms with van der Waals surface area (Å²) in [6.07, 6.45) is 5.37. The van der Waals surface area contributed by atoms with E-state index < -0.39 is 72.2 Å². The number of carboxylic acids is 1. The lowest BCUT2D eigenvalue weighted by atomic mass is 9.76. The predicted molar refractivity (Wildman–Crippen MR) is 191 cm³/mol. The molecule has 0 radical (unpaired) electrons. The second-order valence-electron chi connectivity index (χ2n) is 14.6. The number of ether oxygens (including phenoxy) is 5. The van der Waals surface area contributed by atoms with Gasteiger partial charge in [0.1, 0.15) is 18.3 Å². The van der Waals surface area contributed by atoms with E-state index in [1.165, 1.54) is 20.3 Å². The zero-order chi connectivity index (χ0) is 38.8. The first-order valence-corrected chi connectivity index (χ1v) is 17.7. The Morgan fingerprint density at radius 2 is 1.71 bits per heavy atom. The van der Waals surface area contributed by atoms with Crippen molar-refractivity contribution in [2.75, 3.05) is 14.2 Å². The first-order chi connectivity index (χ1) is 23.8. The minimum absolute atomic E-state index is 0.0458. The number of aliphatic hydroxyl groups excluding tert-OH is 2. The molecule has 2 aliphatic rings. The van der Waals surface area contributed by atoms with E-state index in [1.807, 2.05) is 53.7 Å². The van der Waals surface area contributed by atoms with E-state index in [-0.39, 0.29) is 35.9 Å². The lowest BCUT2D eigenvalue weighted by molar-refractivity contribution is -0.329. The third-order valence-electron chi connectivity index (χ3n) is 10.1. The quantitative estimate of drug-likeness (QED) is 0.178. The Labute approximate surface area is 302 Å². The minimum atomic E-state index is -1.99. The average molecular weight is 721 g/mol. The Kier molecular flexibility index (Phi) is 16.8. The number of rotatable bonds is 10.